The maximum atomic E-state index is 9.75. The second-order valence-electron chi connectivity index (χ2n) is 3.73. The molecule has 3 heteroatoms. The van der Waals surface area contributed by atoms with E-state index in [1.165, 1.54) is 12.8 Å². The Hall–Kier alpha value is 0.270. The van der Waals surface area contributed by atoms with E-state index in [2.05, 4.69) is 0 Å². The summed E-state index contributed by atoms with van der Waals surface area (Å²) in [5, 5.41) is 9.75. The predicted octanol–water partition coefficient (Wildman–Crippen LogP) is 1.28. The standard InChI is InChI=1S/C9H16O2S/c10-8(5-7-1-2-7)9-6-12-4-3-11-9/h7-10H,1-6H2. The molecule has 2 fully saturated rings. The second kappa shape index (κ2) is 3.99. The van der Waals surface area contributed by atoms with Crippen LogP contribution in [0.5, 0.6) is 0 Å². The maximum absolute atomic E-state index is 9.75. The quantitative estimate of drug-likeness (QED) is 0.723. The van der Waals surface area contributed by atoms with E-state index in [9.17, 15) is 5.11 Å². The Labute approximate surface area is 77.7 Å². The lowest BCUT2D eigenvalue weighted by molar-refractivity contribution is -0.0269. The van der Waals surface area contributed by atoms with Crippen molar-refractivity contribution in [3.8, 4) is 0 Å². The second-order valence-corrected chi connectivity index (χ2v) is 4.88. The Morgan fingerprint density at radius 1 is 1.50 bits per heavy atom. The lowest BCUT2D eigenvalue weighted by atomic mass is 10.1. The Morgan fingerprint density at radius 2 is 2.33 bits per heavy atom. The van der Waals surface area contributed by atoms with Crippen molar-refractivity contribution in [1.82, 2.24) is 0 Å². The fourth-order valence-corrected chi connectivity index (χ4v) is 2.51. The number of thioether (sulfide) groups is 1. The molecule has 70 valence electrons. The fourth-order valence-electron chi connectivity index (χ4n) is 1.58. The van der Waals surface area contributed by atoms with Gasteiger partial charge in [0.1, 0.15) is 0 Å². The van der Waals surface area contributed by atoms with E-state index in [-0.39, 0.29) is 12.2 Å². The average molecular weight is 188 g/mol. The van der Waals surface area contributed by atoms with Crippen LogP contribution in [0.4, 0.5) is 0 Å². The van der Waals surface area contributed by atoms with Gasteiger partial charge in [-0.3, -0.25) is 0 Å². The third kappa shape index (κ3) is 2.38. The monoisotopic (exact) mass is 188 g/mol. The molecule has 0 aromatic rings. The summed E-state index contributed by atoms with van der Waals surface area (Å²) >= 11 is 1.89. The minimum atomic E-state index is -0.203. The zero-order valence-electron chi connectivity index (χ0n) is 7.24. The molecule has 2 unspecified atom stereocenters. The molecular formula is C9H16O2S. The first-order chi connectivity index (χ1) is 5.86. The molecule has 1 aliphatic carbocycles. The molecular weight excluding hydrogens is 172 g/mol. The number of ether oxygens (including phenoxy) is 1. The predicted molar refractivity (Wildman–Crippen MR) is 50.4 cm³/mol. The van der Waals surface area contributed by atoms with E-state index in [0.29, 0.717) is 0 Å². The van der Waals surface area contributed by atoms with Gasteiger partial charge in [-0.05, 0) is 12.3 Å². The van der Waals surface area contributed by atoms with E-state index in [0.717, 1.165) is 30.5 Å². The lowest BCUT2D eigenvalue weighted by Gasteiger charge is -2.26. The van der Waals surface area contributed by atoms with E-state index in [1.54, 1.807) is 0 Å². The highest BCUT2D eigenvalue weighted by Gasteiger charge is 2.30. The Morgan fingerprint density at radius 3 is 2.92 bits per heavy atom. The number of aliphatic hydroxyl groups is 1. The zero-order chi connectivity index (χ0) is 8.39. The highest BCUT2D eigenvalue weighted by molar-refractivity contribution is 7.99. The molecule has 0 spiro atoms. The summed E-state index contributed by atoms with van der Waals surface area (Å²) in [7, 11) is 0. The summed E-state index contributed by atoms with van der Waals surface area (Å²) < 4.78 is 5.50. The van der Waals surface area contributed by atoms with Crippen LogP contribution >= 0.6 is 11.8 Å². The van der Waals surface area contributed by atoms with E-state index in [1.807, 2.05) is 11.8 Å². The molecule has 1 saturated carbocycles. The number of hydrogen-bond acceptors (Lipinski definition) is 3. The summed E-state index contributed by atoms with van der Waals surface area (Å²) in [4.78, 5) is 0. The molecule has 1 N–H and O–H groups in total. The summed E-state index contributed by atoms with van der Waals surface area (Å²) in [5.74, 6) is 2.87. The Kier molecular flexibility index (Phi) is 2.94. The molecule has 0 bridgehead atoms. The molecule has 2 aliphatic rings. The van der Waals surface area contributed by atoms with Crippen LogP contribution in [-0.2, 0) is 4.74 Å². The van der Waals surface area contributed by atoms with Gasteiger partial charge in [0.25, 0.3) is 0 Å². The van der Waals surface area contributed by atoms with Crippen molar-refractivity contribution < 1.29 is 9.84 Å². The van der Waals surface area contributed by atoms with Crippen molar-refractivity contribution >= 4 is 11.8 Å². The van der Waals surface area contributed by atoms with Crippen LogP contribution < -0.4 is 0 Å². The first-order valence-corrected chi connectivity index (χ1v) is 5.89. The van der Waals surface area contributed by atoms with Crippen LogP contribution in [0.25, 0.3) is 0 Å². The molecule has 0 radical (unpaired) electrons. The number of rotatable bonds is 3. The minimum absolute atomic E-state index is 0.115. The van der Waals surface area contributed by atoms with Gasteiger partial charge in [0, 0.05) is 11.5 Å². The number of hydrogen-bond donors (Lipinski definition) is 1. The van der Waals surface area contributed by atoms with Crippen LogP contribution in [0, 0.1) is 5.92 Å². The third-order valence-electron chi connectivity index (χ3n) is 2.54. The molecule has 2 nitrogen and oxygen atoms in total. The molecule has 0 aromatic heterocycles. The topological polar surface area (TPSA) is 29.5 Å². The fraction of sp³-hybridized carbons (Fsp3) is 1.00. The summed E-state index contributed by atoms with van der Waals surface area (Å²) in [5.41, 5.74) is 0. The van der Waals surface area contributed by atoms with Gasteiger partial charge in [-0.25, -0.2) is 0 Å². The van der Waals surface area contributed by atoms with Crippen molar-refractivity contribution in [3.63, 3.8) is 0 Å². The molecule has 0 amide bonds. The van der Waals surface area contributed by atoms with Crippen LogP contribution in [0.3, 0.4) is 0 Å². The normalized spacial score (nSPS) is 33.2. The molecule has 12 heavy (non-hydrogen) atoms. The van der Waals surface area contributed by atoms with Crippen molar-refractivity contribution in [2.75, 3.05) is 18.1 Å². The van der Waals surface area contributed by atoms with Crippen molar-refractivity contribution in [2.45, 2.75) is 31.5 Å². The Bertz CT molecular complexity index is 141. The van der Waals surface area contributed by atoms with Gasteiger partial charge in [0.2, 0.25) is 0 Å². The van der Waals surface area contributed by atoms with Crippen LogP contribution in [0.15, 0.2) is 0 Å². The van der Waals surface area contributed by atoms with E-state index >= 15 is 0 Å². The van der Waals surface area contributed by atoms with E-state index in [4.69, 9.17) is 4.74 Å². The summed E-state index contributed by atoms with van der Waals surface area (Å²) in [6.07, 6.45) is 3.51. The third-order valence-corrected chi connectivity index (χ3v) is 3.56. The zero-order valence-corrected chi connectivity index (χ0v) is 8.05. The smallest absolute Gasteiger partial charge is 0.0924 e. The summed E-state index contributed by atoms with van der Waals surface area (Å²) in [6.45, 7) is 0.817. The van der Waals surface area contributed by atoms with Crippen molar-refractivity contribution in [1.29, 1.82) is 0 Å². The van der Waals surface area contributed by atoms with Gasteiger partial charge in [0.15, 0.2) is 0 Å². The van der Waals surface area contributed by atoms with Gasteiger partial charge in [-0.2, -0.15) is 11.8 Å². The maximum Gasteiger partial charge on any atom is 0.0924 e. The molecule has 2 atom stereocenters. The largest absolute Gasteiger partial charge is 0.390 e. The van der Waals surface area contributed by atoms with Gasteiger partial charge in [-0.1, -0.05) is 12.8 Å². The van der Waals surface area contributed by atoms with Gasteiger partial charge < -0.3 is 9.84 Å². The Balaban J connectivity index is 1.72. The first-order valence-electron chi connectivity index (χ1n) is 4.73. The van der Waals surface area contributed by atoms with E-state index < -0.39 is 0 Å². The van der Waals surface area contributed by atoms with Gasteiger partial charge >= 0.3 is 0 Å². The van der Waals surface area contributed by atoms with Gasteiger partial charge in [-0.15, -0.1) is 0 Å². The van der Waals surface area contributed by atoms with Crippen molar-refractivity contribution in [3.05, 3.63) is 0 Å². The molecule has 1 saturated heterocycles. The molecule has 0 aromatic carbocycles. The molecule has 1 heterocycles. The molecule has 1 aliphatic heterocycles. The first kappa shape index (κ1) is 8.85. The van der Waals surface area contributed by atoms with Gasteiger partial charge in [0.05, 0.1) is 18.8 Å². The minimum Gasteiger partial charge on any atom is -0.390 e. The highest BCUT2D eigenvalue weighted by Crippen LogP contribution is 2.35. The van der Waals surface area contributed by atoms with Crippen LogP contribution in [0.2, 0.25) is 0 Å². The van der Waals surface area contributed by atoms with Crippen LogP contribution in [0.1, 0.15) is 19.3 Å². The van der Waals surface area contributed by atoms with Crippen molar-refractivity contribution in [2.24, 2.45) is 5.92 Å². The number of aliphatic hydroxyl groups excluding tert-OH is 1. The van der Waals surface area contributed by atoms with Crippen LogP contribution in [-0.4, -0.2) is 35.4 Å². The molecule has 2 rings (SSSR count). The summed E-state index contributed by atoms with van der Waals surface area (Å²) in [6, 6.07) is 0. The average Bonchev–Trinajstić information content (AvgIpc) is 2.90. The lowest BCUT2D eigenvalue weighted by Crippen LogP contribution is -2.35. The highest BCUT2D eigenvalue weighted by atomic mass is 32.2. The SMILES string of the molecule is OC(CC1CC1)C1CSCCO1.